The second-order valence-electron chi connectivity index (χ2n) is 5.92. The Labute approximate surface area is 159 Å². The Bertz CT molecular complexity index is 820. The molecule has 0 spiro atoms. The average molecular weight is 373 g/mol. The predicted molar refractivity (Wildman–Crippen MR) is 103 cm³/mol. The highest BCUT2D eigenvalue weighted by molar-refractivity contribution is 5.77. The molecule has 0 aliphatic rings. The lowest BCUT2D eigenvalue weighted by Crippen LogP contribution is -2.31. The number of carbonyl (C=O) groups excluding carboxylic acids is 1. The summed E-state index contributed by atoms with van der Waals surface area (Å²) in [5, 5.41) is 0. The van der Waals surface area contributed by atoms with E-state index in [1.54, 1.807) is 26.3 Å². The molecular weight excluding hydrogens is 349 g/mol. The van der Waals surface area contributed by atoms with Gasteiger partial charge < -0.3 is 19.1 Å². The molecule has 0 atom stereocenters. The van der Waals surface area contributed by atoms with E-state index in [1.165, 1.54) is 24.1 Å². The van der Waals surface area contributed by atoms with Gasteiger partial charge in [-0.1, -0.05) is 24.3 Å². The van der Waals surface area contributed by atoms with Crippen molar-refractivity contribution in [3.63, 3.8) is 0 Å². The Hall–Kier alpha value is -3.02. The van der Waals surface area contributed by atoms with Gasteiger partial charge in [0.1, 0.15) is 0 Å². The quantitative estimate of drug-likeness (QED) is 0.704. The first-order valence-corrected chi connectivity index (χ1v) is 8.48. The van der Waals surface area contributed by atoms with Gasteiger partial charge in [0.05, 0.1) is 14.2 Å². The lowest BCUT2D eigenvalue weighted by Gasteiger charge is -2.18. The van der Waals surface area contributed by atoms with Gasteiger partial charge >= 0.3 is 0 Å². The number of nitrogens with zero attached hydrogens (tertiary/aromatic N) is 1. The van der Waals surface area contributed by atoms with E-state index in [2.05, 4.69) is 0 Å². The standard InChI is InChI=1S/C21H24FNO4/c1-5-6-15-7-10-19(20(12-15)26-4)27-14-21(24)23(2)13-16-8-9-18(25-3)17(22)11-16/h5-12H,13-14H2,1-4H3/b6-5+. The summed E-state index contributed by atoms with van der Waals surface area (Å²) < 4.78 is 29.6. The highest BCUT2D eigenvalue weighted by Crippen LogP contribution is 2.28. The van der Waals surface area contributed by atoms with Crippen LogP contribution in [0, 0.1) is 5.82 Å². The molecule has 6 heteroatoms. The summed E-state index contributed by atoms with van der Waals surface area (Å²) in [6.45, 7) is 2.05. The monoisotopic (exact) mass is 373 g/mol. The number of halogens is 1. The molecule has 5 nitrogen and oxygen atoms in total. The van der Waals surface area contributed by atoms with E-state index in [-0.39, 0.29) is 24.8 Å². The summed E-state index contributed by atoms with van der Waals surface area (Å²) in [7, 11) is 4.60. The summed E-state index contributed by atoms with van der Waals surface area (Å²) in [5.41, 5.74) is 1.64. The Balaban J connectivity index is 1.97. The fourth-order valence-corrected chi connectivity index (χ4v) is 2.52. The van der Waals surface area contributed by atoms with E-state index in [1.807, 2.05) is 31.2 Å². The minimum Gasteiger partial charge on any atom is -0.494 e. The summed E-state index contributed by atoms with van der Waals surface area (Å²) in [6.07, 6.45) is 3.87. The molecule has 1 amide bonds. The van der Waals surface area contributed by atoms with Gasteiger partial charge in [-0.3, -0.25) is 4.79 Å². The van der Waals surface area contributed by atoms with Crippen LogP contribution in [0.3, 0.4) is 0 Å². The third kappa shape index (κ3) is 5.48. The topological polar surface area (TPSA) is 48.0 Å². The lowest BCUT2D eigenvalue weighted by atomic mass is 10.2. The largest absolute Gasteiger partial charge is 0.494 e. The number of benzene rings is 2. The molecule has 2 aromatic rings. The van der Waals surface area contributed by atoms with Crippen LogP contribution in [0.4, 0.5) is 4.39 Å². The zero-order chi connectivity index (χ0) is 19.8. The summed E-state index contributed by atoms with van der Waals surface area (Å²) in [4.78, 5) is 13.8. The van der Waals surface area contributed by atoms with Gasteiger partial charge in [0.15, 0.2) is 29.7 Å². The molecule has 0 unspecified atom stereocenters. The molecule has 2 aromatic carbocycles. The van der Waals surface area contributed by atoms with Crippen LogP contribution in [0.15, 0.2) is 42.5 Å². The molecule has 0 bridgehead atoms. The van der Waals surface area contributed by atoms with Crippen molar-refractivity contribution in [2.75, 3.05) is 27.9 Å². The van der Waals surface area contributed by atoms with Gasteiger partial charge in [-0.05, 0) is 42.3 Å². The maximum absolute atomic E-state index is 13.8. The number of amides is 1. The number of likely N-dealkylation sites (N-methyl/N-ethyl adjacent to an activating group) is 1. The van der Waals surface area contributed by atoms with E-state index >= 15 is 0 Å². The van der Waals surface area contributed by atoms with Crippen molar-refractivity contribution in [2.45, 2.75) is 13.5 Å². The summed E-state index contributed by atoms with van der Waals surface area (Å²) >= 11 is 0. The highest BCUT2D eigenvalue weighted by Gasteiger charge is 2.13. The van der Waals surface area contributed by atoms with E-state index in [9.17, 15) is 9.18 Å². The fourth-order valence-electron chi connectivity index (χ4n) is 2.52. The highest BCUT2D eigenvalue weighted by atomic mass is 19.1. The van der Waals surface area contributed by atoms with Gasteiger partial charge in [-0.2, -0.15) is 0 Å². The normalized spacial score (nSPS) is 10.7. The number of hydrogen-bond donors (Lipinski definition) is 0. The second-order valence-corrected chi connectivity index (χ2v) is 5.92. The average Bonchev–Trinajstić information content (AvgIpc) is 2.66. The number of allylic oxidation sites excluding steroid dienone is 1. The van der Waals surface area contributed by atoms with Crippen molar-refractivity contribution in [1.29, 1.82) is 0 Å². The SMILES string of the molecule is C/C=C/c1ccc(OCC(=O)N(C)Cc2ccc(OC)c(F)c2)c(OC)c1. The number of carbonyl (C=O) groups is 1. The molecule has 0 N–H and O–H groups in total. The van der Waals surface area contributed by atoms with Crippen LogP contribution >= 0.6 is 0 Å². The maximum atomic E-state index is 13.8. The molecule has 0 saturated heterocycles. The predicted octanol–water partition coefficient (Wildman–Crippen LogP) is 3.91. The molecule has 0 aliphatic carbocycles. The zero-order valence-corrected chi connectivity index (χ0v) is 16.0. The van der Waals surface area contributed by atoms with Gasteiger partial charge in [-0.15, -0.1) is 0 Å². The summed E-state index contributed by atoms with van der Waals surface area (Å²) in [5.74, 6) is 0.523. The number of ether oxygens (including phenoxy) is 3. The van der Waals surface area contributed by atoms with Crippen molar-refractivity contribution in [3.05, 3.63) is 59.4 Å². The summed E-state index contributed by atoms with van der Waals surface area (Å²) in [6, 6.07) is 10.1. The molecule has 0 radical (unpaired) electrons. The molecule has 0 fully saturated rings. The van der Waals surface area contributed by atoms with Crippen molar-refractivity contribution in [3.8, 4) is 17.2 Å². The van der Waals surface area contributed by atoms with Crippen molar-refractivity contribution in [2.24, 2.45) is 0 Å². The maximum Gasteiger partial charge on any atom is 0.260 e. The third-order valence-corrected chi connectivity index (χ3v) is 3.96. The van der Waals surface area contributed by atoms with Gasteiger partial charge in [-0.25, -0.2) is 4.39 Å². The Morgan fingerprint density at radius 2 is 1.78 bits per heavy atom. The van der Waals surface area contributed by atoms with Crippen molar-refractivity contribution >= 4 is 12.0 Å². The molecular formula is C21H24FNO4. The Morgan fingerprint density at radius 3 is 2.41 bits per heavy atom. The molecule has 0 saturated carbocycles. The van der Waals surface area contributed by atoms with Crippen LogP contribution < -0.4 is 14.2 Å². The van der Waals surface area contributed by atoms with Gasteiger partial charge in [0, 0.05) is 13.6 Å². The lowest BCUT2D eigenvalue weighted by molar-refractivity contribution is -0.132. The Morgan fingerprint density at radius 1 is 1.07 bits per heavy atom. The zero-order valence-electron chi connectivity index (χ0n) is 16.0. The molecule has 27 heavy (non-hydrogen) atoms. The third-order valence-electron chi connectivity index (χ3n) is 3.96. The van der Waals surface area contributed by atoms with E-state index in [0.29, 0.717) is 17.1 Å². The molecule has 0 aliphatic heterocycles. The smallest absolute Gasteiger partial charge is 0.260 e. The minimum absolute atomic E-state index is 0.144. The van der Waals surface area contributed by atoms with Crippen LogP contribution in [0.25, 0.3) is 6.08 Å². The number of hydrogen-bond acceptors (Lipinski definition) is 4. The van der Waals surface area contributed by atoms with Crippen molar-refractivity contribution in [1.82, 2.24) is 4.90 Å². The van der Waals surface area contributed by atoms with E-state index in [4.69, 9.17) is 14.2 Å². The molecule has 0 heterocycles. The number of rotatable bonds is 8. The number of methoxy groups -OCH3 is 2. The van der Waals surface area contributed by atoms with Crippen molar-refractivity contribution < 1.29 is 23.4 Å². The van der Waals surface area contributed by atoms with Crippen LogP contribution in [-0.4, -0.2) is 38.7 Å². The Kier molecular flexibility index (Phi) is 7.23. The second kappa shape index (κ2) is 9.62. The van der Waals surface area contributed by atoms with Gasteiger partial charge in [0.2, 0.25) is 0 Å². The first kappa shape index (κ1) is 20.3. The van der Waals surface area contributed by atoms with Crippen LogP contribution in [0.5, 0.6) is 17.2 Å². The minimum atomic E-state index is -0.460. The van der Waals surface area contributed by atoms with E-state index < -0.39 is 5.82 Å². The molecule has 2 rings (SSSR count). The first-order chi connectivity index (χ1) is 13.0. The van der Waals surface area contributed by atoms with Crippen LogP contribution in [0.2, 0.25) is 0 Å². The van der Waals surface area contributed by atoms with Crippen LogP contribution in [0.1, 0.15) is 18.1 Å². The molecule has 144 valence electrons. The van der Waals surface area contributed by atoms with E-state index in [0.717, 1.165) is 5.56 Å². The fraction of sp³-hybridized carbons (Fsp3) is 0.286. The first-order valence-electron chi connectivity index (χ1n) is 8.48. The van der Waals surface area contributed by atoms with Gasteiger partial charge in [0.25, 0.3) is 5.91 Å². The van der Waals surface area contributed by atoms with Crippen LogP contribution in [-0.2, 0) is 11.3 Å². The molecule has 0 aromatic heterocycles.